The standard InChI is InChI=1S/C15H16ClNS/c1-10-3-4-11(2)15(7-10)18-13-6-5-12(9-17)14(16)8-13/h3-8H,9,17H2,1-2H3. The van der Waals surface area contributed by atoms with Crippen molar-refractivity contribution in [3.8, 4) is 0 Å². The van der Waals surface area contributed by atoms with Gasteiger partial charge in [-0.25, -0.2) is 0 Å². The first-order valence-corrected chi connectivity index (χ1v) is 7.03. The number of benzene rings is 2. The third kappa shape index (κ3) is 3.08. The van der Waals surface area contributed by atoms with E-state index in [0.717, 1.165) is 15.5 Å². The zero-order chi connectivity index (χ0) is 13.1. The smallest absolute Gasteiger partial charge is 0.0462 e. The molecular weight excluding hydrogens is 262 g/mol. The van der Waals surface area contributed by atoms with Crippen molar-refractivity contribution < 1.29 is 0 Å². The molecule has 0 aliphatic heterocycles. The minimum Gasteiger partial charge on any atom is -0.326 e. The number of hydrogen-bond acceptors (Lipinski definition) is 2. The molecule has 0 saturated heterocycles. The van der Waals surface area contributed by atoms with Crippen LogP contribution in [0.2, 0.25) is 5.02 Å². The highest BCUT2D eigenvalue weighted by Gasteiger charge is 2.04. The summed E-state index contributed by atoms with van der Waals surface area (Å²) in [6.07, 6.45) is 0. The highest BCUT2D eigenvalue weighted by atomic mass is 35.5. The van der Waals surface area contributed by atoms with E-state index < -0.39 is 0 Å². The molecule has 0 aliphatic carbocycles. The van der Waals surface area contributed by atoms with Crippen molar-refractivity contribution in [1.82, 2.24) is 0 Å². The number of halogens is 1. The van der Waals surface area contributed by atoms with Gasteiger partial charge >= 0.3 is 0 Å². The Morgan fingerprint density at radius 1 is 1.11 bits per heavy atom. The van der Waals surface area contributed by atoms with E-state index in [-0.39, 0.29) is 0 Å². The van der Waals surface area contributed by atoms with Gasteiger partial charge in [-0.3, -0.25) is 0 Å². The number of nitrogens with two attached hydrogens (primary N) is 1. The SMILES string of the molecule is Cc1ccc(C)c(Sc2ccc(CN)c(Cl)c2)c1. The average molecular weight is 278 g/mol. The summed E-state index contributed by atoms with van der Waals surface area (Å²) in [5.41, 5.74) is 9.15. The van der Waals surface area contributed by atoms with Crippen LogP contribution >= 0.6 is 23.4 Å². The Kier molecular flexibility index (Phi) is 4.33. The number of aryl methyl sites for hydroxylation is 2. The van der Waals surface area contributed by atoms with Gasteiger partial charge in [0.1, 0.15) is 0 Å². The predicted octanol–water partition coefficient (Wildman–Crippen LogP) is 4.57. The largest absolute Gasteiger partial charge is 0.326 e. The van der Waals surface area contributed by atoms with Gasteiger partial charge in [0.25, 0.3) is 0 Å². The van der Waals surface area contributed by atoms with Gasteiger partial charge in [-0.15, -0.1) is 0 Å². The Morgan fingerprint density at radius 3 is 2.56 bits per heavy atom. The van der Waals surface area contributed by atoms with Crippen LogP contribution in [0, 0.1) is 13.8 Å². The predicted molar refractivity (Wildman–Crippen MR) is 79.4 cm³/mol. The number of rotatable bonds is 3. The molecule has 2 aromatic rings. The minimum absolute atomic E-state index is 0.479. The summed E-state index contributed by atoms with van der Waals surface area (Å²) in [6.45, 7) is 4.71. The Balaban J connectivity index is 2.28. The minimum atomic E-state index is 0.479. The third-order valence-corrected chi connectivity index (χ3v) is 4.32. The fraction of sp³-hybridized carbons (Fsp3) is 0.200. The molecule has 2 aromatic carbocycles. The quantitative estimate of drug-likeness (QED) is 0.890. The van der Waals surface area contributed by atoms with Crippen LogP contribution in [0.4, 0.5) is 0 Å². The molecule has 0 radical (unpaired) electrons. The van der Waals surface area contributed by atoms with E-state index in [0.29, 0.717) is 6.54 Å². The van der Waals surface area contributed by atoms with Crippen molar-refractivity contribution in [1.29, 1.82) is 0 Å². The van der Waals surface area contributed by atoms with Gasteiger partial charge in [-0.05, 0) is 48.7 Å². The molecule has 94 valence electrons. The first kappa shape index (κ1) is 13.5. The van der Waals surface area contributed by atoms with Crippen LogP contribution in [-0.2, 0) is 6.54 Å². The second-order valence-corrected chi connectivity index (χ2v) is 5.85. The summed E-state index contributed by atoms with van der Waals surface area (Å²) >= 11 is 7.91. The lowest BCUT2D eigenvalue weighted by atomic mass is 10.2. The zero-order valence-electron chi connectivity index (χ0n) is 10.5. The highest BCUT2D eigenvalue weighted by Crippen LogP contribution is 2.33. The van der Waals surface area contributed by atoms with E-state index in [2.05, 4.69) is 38.1 Å². The molecular formula is C15H16ClNS. The monoisotopic (exact) mass is 277 g/mol. The summed E-state index contributed by atoms with van der Waals surface area (Å²) in [5.74, 6) is 0. The maximum absolute atomic E-state index is 6.17. The molecule has 0 aromatic heterocycles. The maximum atomic E-state index is 6.17. The molecule has 0 unspecified atom stereocenters. The van der Waals surface area contributed by atoms with Gasteiger partial charge in [0.15, 0.2) is 0 Å². The lowest BCUT2D eigenvalue weighted by molar-refractivity contribution is 1.07. The highest BCUT2D eigenvalue weighted by molar-refractivity contribution is 7.99. The molecule has 0 saturated carbocycles. The van der Waals surface area contributed by atoms with E-state index in [9.17, 15) is 0 Å². The fourth-order valence-corrected chi connectivity index (χ4v) is 3.06. The molecule has 0 amide bonds. The molecule has 0 spiro atoms. The topological polar surface area (TPSA) is 26.0 Å². The van der Waals surface area contributed by atoms with E-state index in [1.54, 1.807) is 11.8 Å². The first-order valence-electron chi connectivity index (χ1n) is 5.84. The summed E-state index contributed by atoms with van der Waals surface area (Å²) in [7, 11) is 0. The van der Waals surface area contributed by atoms with Crippen LogP contribution in [0.3, 0.4) is 0 Å². The van der Waals surface area contributed by atoms with E-state index in [1.165, 1.54) is 16.0 Å². The second-order valence-electron chi connectivity index (χ2n) is 4.33. The Hall–Kier alpha value is -0.960. The van der Waals surface area contributed by atoms with Gasteiger partial charge in [0.2, 0.25) is 0 Å². The van der Waals surface area contributed by atoms with Crippen LogP contribution < -0.4 is 5.73 Å². The van der Waals surface area contributed by atoms with Crippen molar-refractivity contribution in [2.75, 3.05) is 0 Å². The average Bonchev–Trinajstić information content (AvgIpc) is 2.34. The Labute approximate surface area is 117 Å². The summed E-state index contributed by atoms with van der Waals surface area (Å²) in [6, 6.07) is 12.5. The van der Waals surface area contributed by atoms with Crippen molar-refractivity contribution in [2.24, 2.45) is 5.73 Å². The summed E-state index contributed by atoms with van der Waals surface area (Å²) < 4.78 is 0. The molecule has 2 N–H and O–H groups in total. The van der Waals surface area contributed by atoms with Gasteiger partial charge < -0.3 is 5.73 Å². The van der Waals surface area contributed by atoms with Crippen LogP contribution in [-0.4, -0.2) is 0 Å². The van der Waals surface area contributed by atoms with Crippen LogP contribution in [0.1, 0.15) is 16.7 Å². The lowest BCUT2D eigenvalue weighted by Crippen LogP contribution is -1.96. The second kappa shape index (κ2) is 5.79. The van der Waals surface area contributed by atoms with Gasteiger partial charge in [0, 0.05) is 21.4 Å². The zero-order valence-corrected chi connectivity index (χ0v) is 12.1. The molecule has 0 bridgehead atoms. The van der Waals surface area contributed by atoms with Crippen LogP contribution in [0.25, 0.3) is 0 Å². The molecule has 0 heterocycles. The normalized spacial score (nSPS) is 10.7. The van der Waals surface area contributed by atoms with Crippen molar-refractivity contribution >= 4 is 23.4 Å². The van der Waals surface area contributed by atoms with Crippen molar-refractivity contribution in [3.63, 3.8) is 0 Å². The molecule has 3 heteroatoms. The summed E-state index contributed by atoms with van der Waals surface area (Å²) in [4.78, 5) is 2.41. The van der Waals surface area contributed by atoms with Gasteiger partial charge in [-0.2, -0.15) is 0 Å². The third-order valence-electron chi connectivity index (χ3n) is 2.82. The van der Waals surface area contributed by atoms with Crippen molar-refractivity contribution in [3.05, 3.63) is 58.1 Å². The molecule has 2 rings (SSSR count). The van der Waals surface area contributed by atoms with E-state index >= 15 is 0 Å². The maximum Gasteiger partial charge on any atom is 0.0462 e. The van der Waals surface area contributed by atoms with Crippen LogP contribution in [0.5, 0.6) is 0 Å². The van der Waals surface area contributed by atoms with Crippen molar-refractivity contribution in [2.45, 2.75) is 30.2 Å². The lowest BCUT2D eigenvalue weighted by Gasteiger charge is -2.08. The Bertz CT molecular complexity index is 566. The molecule has 0 atom stereocenters. The number of hydrogen-bond donors (Lipinski definition) is 1. The Morgan fingerprint density at radius 2 is 1.89 bits per heavy atom. The van der Waals surface area contributed by atoms with E-state index in [1.807, 2.05) is 12.1 Å². The molecule has 18 heavy (non-hydrogen) atoms. The first-order chi connectivity index (χ1) is 8.60. The fourth-order valence-electron chi connectivity index (χ4n) is 1.70. The molecule has 1 nitrogen and oxygen atoms in total. The molecule has 0 aliphatic rings. The van der Waals surface area contributed by atoms with Gasteiger partial charge in [0.05, 0.1) is 0 Å². The van der Waals surface area contributed by atoms with E-state index in [4.69, 9.17) is 17.3 Å². The van der Waals surface area contributed by atoms with Crippen LogP contribution in [0.15, 0.2) is 46.2 Å². The molecule has 0 fully saturated rings. The summed E-state index contributed by atoms with van der Waals surface area (Å²) in [5, 5.41) is 0.743. The van der Waals surface area contributed by atoms with Gasteiger partial charge in [-0.1, -0.05) is 41.6 Å².